The predicted octanol–water partition coefficient (Wildman–Crippen LogP) is 3.81. The highest BCUT2D eigenvalue weighted by atomic mass is 16.5. The number of esters is 1. The Morgan fingerprint density at radius 1 is 1.06 bits per heavy atom. The Kier molecular flexibility index (Phi) is 4.77. The van der Waals surface area contributed by atoms with Crippen molar-refractivity contribution in [3.63, 3.8) is 0 Å². The summed E-state index contributed by atoms with van der Waals surface area (Å²) in [6, 6.07) is 14.3. The molecule has 0 fully saturated rings. The molecule has 0 bridgehead atoms. The second-order valence-electron chi connectivity index (χ2n) is 8.22. The number of pyridine rings is 1. The Morgan fingerprint density at radius 2 is 1.74 bits per heavy atom. The summed E-state index contributed by atoms with van der Waals surface area (Å²) in [6.45, 7) is 2.15. The van der Waals surface area contributed by atoms with E-state index in [1.54, 1.807) is 24.3 Å². The molecule has 2 aromatic carbocycles. The number of nitrogens with zero attached hydrogens (tertiary/aromatic N) is 2. The fourth-order valence-electron chi connectivity index (χ4n) is 4.54. The molecule has 0 saturated heterocycles. The lowest BCUT2D eigenvalue weighted by Crippen LogP contribution is -2.33. The van der Waals surface area contributed by atoms with Gasteiger partial charge < -0.3 is 4.74 Å². The Hall–Kier alpha value is -3.54. The second-order valence-corrected chi connectivity index (χ2v) is 8.22. The number of aryl methyl sites for hydroxylation is 1. The van der Waals surface area contributed by atoms with Crippen molar-refractivity contribution in [1.29, 1.82) is 0 Å². The predicted molar refractivity (Wildman–Crippen MR) is 115 cm³/mol. The van der Waals surface area contributed by atoms with Gasteiger partial charge in [0.2, 0.25) is 0 Å². The second kappa shape index (κ2) is 7.61. The average molecular weight is 414 g/mol. The summed E-state index contributed by atoms with van der Waals surface area (Å²) >= 11 is 0. The number of imide groups is 1. The van der Waals surface area contributed by atoms with Gasteiger partial charge in [-0.05, 0) is 48.9 Å². The largest absolute Gasteiger partial charge is 0.460 e. The van der Waals surface area contributed by atoms with E-state index in [0.29, 0.717) is 22.6 Å². The number of hydrogen-bond donors (Lipinski definition) is 0. The molecule has 2 aliphatic rings. The third-order valence-electron chi connectivity index (χ3n) is 6.14. The third-order valence-corrected chi connectivity index (χ3v) is 6.14. The Labute approximate surface area is 179 Å². The Bertz CT molecular complexity index is 1200. The first-order chi connectivity index (χ1) is 15.0. The fraction of sp³-hybridized carbons (Fsp3) is 0.280. The van der Waals surface area contributed by atoms with E-state index in [9.17, 15) is 14.4 Å². The summed E-state index contributed by atoms with van der Waals surface area (Å²) < 4.78 is 5.58. The average Bonchev–Trinajstić information content (AvgIpc) is 3.02. The molecule has 156 valence electrons. The molecule has 0 spiro atoms. The first-order valence-corrected chi connectivity index (χ1v) is 10.6. The normalized spacial score (nSPS) is 17.6. The van der Waals surface area contributed by atoms with E-state index < -0.39 is 5.97 Å². The number of benzene rings is 2. The molecular formula is C25H22N2O4. The summed E-state index contributed by atoms with van der Waals surface area (Å²) in [7, 11) is 0. The van der Waals surface area contributed by atoms with Crippen LogP contribution in [0.15, 0.2) is 48.5 Å². The lowest BCUT2D eigenvalue weighted by molar-refractivity contribution is 0.0420. The lowest BCUT2D eigenvalue weighted by atomic mass is 9.84. The van der Waals surface area contributed by atoms with Crippen LogP contribution in [0, 0.1) is 5.92 Å². The van der Waals surface area contributed by atoms with Gasteiger partial charge in [-0.25, -0.2) is 4.79 Å². The highest BCUT2D eigenvalue weighted by molar-refractivity contribution is 6.21. The molecule has 31 heavy (non-hydrogen) atoms. The minimum Gasteiger partial charge on any atom is -0.460 e. The zero-order valence-electron chi connectivity index (χ0n) is 17.3. The van der Waals surface area contributed by atoms with Gasteiger partial charge in [0.1, 0.15) is 6.61 Å². The van der Waals surface area contributed by atoms with Gasteiger partial charge in [-0.1, -0.05) is 37.3 Å². The van der Waals surface area contributed by atoms with E-state index in [1.807, 2.05) is 24.3 Å². The van der Waals surface area contributed by atoms with Crippen LogP contribution in [-0.2, 0) is 17.6 Å². The number of para-hydroxylation sites is 1. The topological polar surface area (TPSA) is 76.6 Å². The molecule has 1 atom stereocenters. The molecule has 0 saturated carbocycles. The molecule has 1 unspecified atom stereocenters. The minimum absolute atomic E-state index is 0.0275. The van der Waals surface area contributed by atoms with Gasteiger partial charge in [0, 0.05) is 11.1 Å². The highest BCUT2D eigenvalue weighted by Crippen LogP contribution is 2.32. The van der Waals surface area contributed by atoms with Gasteiger partial charge >= 0.3 is 5.97 Å². The van der Waals surface area contributed by atoms with Crippen molar-refractivity contribution >= 4 is 28.7 Å². The van der Waals surface area contributed by atoms with Gasteiger partial charge in [-0.2, -0.15) is 0 Å². The van der Waals surface area contributed by atoms with Crippen molar-refractivity contribution in [3.8, 4) is 0 Å². The number of rotatable bonds is 4. The summed E-state index contributed by atoms with van der Waals surface area (Å²) in [5.41, 5.74) is 4.05. The van der Waals surface area contributed by atoms with E-state index >= 15 is 0 Å². The van der Waals surface area contributed by atoms with Crippen molar-refractivity contribution in [2.45, 2.75) is 26.2 Å². The summed E-state index contributed by atoms with van der Waals surface area (Å²) in [4.78, 5) is 44.1. The standard InChI is InChI=1S/C25H22N2O4/c1-15-10-11-21-19(14-15)22(18-8-4-5-9-20(18)26-21)25(30)31-13-12-27-23(28)16-6-2-3-7-17(16)24(27)29/h2-9,15H,10-14H2,1H3. The monoisotopic (exact) mass is 414 g/mol. The quantitative estimate of drug-likeness (QED) is 0.479. The zero-order valence-corrected chi connectivity index (χ0v) is 17.3. The summed E-state index contributed by atoms with van der Waals surface area (Å²) in [6.07, 6.45) is 2.68. The minimum atomic E-state index is -0.430. The molecule has 0 radical (unpaired) electrons. The smallest absolute Gasteiger partial charge is 0.339 e. The van der Waals surface area contributed by atoms with Crippen LogP contribution < -0.4 is 0 Å². The number of fused-ring (bicyclic) bond motifs is 3. The van der Waals surface area contributed by atoms with Gasteiger partial charge in [0.15, 0.2) is 0 Å². The molecule has 1 aromatic heterocycles. The molecule has 5 rings (SSSR count). The van der Waals surface area contributed by atoms with Crippen molar-refractivity contribution in [2.75, 3.05) is 13.2 Å². The molecule has 2 heterocycles. The van der Waals surface area contributed by atoms with Crippen LogP contribution in [0.1, 0.15) is 55.7 Å². The molecule has 1 aliphatic heterocycles. The van der Waals surface area contributed by atoms with Crippen molar-refractivity contribution in [3.05, 3.63) is 76.5 Å². The van der Waals surface area contributed by atoms with Gasteiger partial charge in [-0.3, -0.25) is 19.5 Å². The van der Waals surface area contributed by atoms with Gasteiger partial charge in [0.05, 0.1) is 28.8 Å². The van der Waals surface area contributed by atoms with Crippen LogP contribution in [0.4, 0.5) is 0 Å². The maximum absolute atomic E-state index is 13.2. The van der Waals surface area contributed by atoms with Crippen LogP contribution in [0.25, 0.3) is 10.9 Å². The van der Waals surface area contributed by atoms with E-state index in [4.69, 9.17) is 9.72 Å². The van der Waals surface area contributed by atoms with Crippen molar-refractivity contribution < 1.29 is 19.1 Å². The highest BCUT2D eigenvalue weighted by Gasteiger charge is 2.35. The van der Waals surface area contributed by atoms with Crippen molar-refractivity contribution in [2.24, 2.45) is 5.92 Å². The molecule has 2 amide bonds. The lowest BCUT2D eigenvalue weighted by Gasteiger charge is -2.24. The van der Waals surface area contributed by atoms with Crippen LogP contribution in [0.5, 0.6) is 0 Å². The maximum atomic E-state index is 13.2. The molecule has 1 aliphatic carbocycles. The summed E-state index contributed by atoms with van der Waals surface area (Å²) in [5.74, 6) is -0.657. The van der Waals surface area contributed by atoms with Crippen molar-refractivity contribution in [1.82, 2.24) is 9.88 Å². The van der Waals surface area contributed by atoms with Crippen LogP contribution in [0.3, 0.4) is 0 Å². The number of aromatic nitrogens is 1. The first kappa shape index (κ1) is 19.4. The summed E-state index contributed by atoms with van der Waals surface area (Å²) in [5, 5.41) is 0.779. The number of ether oxygens (including phenoxy) is 1. The number of carbonyl (C=O) groups excluding carboxylic acids is 3. The van der Waals surface area contributed by atoms with E-state index in [1.165, 1.54) is 0 Å². The maximum Gasteiger partial charge on any atom is 0.339 e. The van der Waals surface area contributed by atoms with Crippen LogP contribution in [-0.4, -0.2) is 40.8 Å². The fourth-order valence-corrected chi connectivity index (χ4v) is 4.54. The first-order valence-electron chi connectivity index (χ1n) is 10.6. The van der Waals surface area contributed by atoms with Gasteiger partial charge in [-0.15, -0.1) is 0 Å². The number of hydrogen-bond acceptors (Lipinski definition) is 5. The zero-order chi connectivity index (χ0) is 21.5. The molecular weight excluding hydrogens is 392 g/mol. The van der Waals surface area contributed by atoms with E-state index in [-0.39, 0.29) is 25.0 Å². The molecule has 6 nitrogen and oxygen atoms in total. The molecule has 6 heteroatoms. The van der Waals surface area contributed by atoms with Crippen LogP contribution in [0.2, 0.25) is 0 Å². The third kappa shape index (κ3) is 3.28. The molecule has 3 aromatic rings. The van der Waals surface area contributed by atoms with Gasteiger partial charge in [0.25, 0.3) is 11.8 Å². The number of amides is 2. The Morgan fingerprint density at radius 3 is 2.48 bits per heavy atom. The Balaban J connectivity index is 1.38. The molecule has 0 N–H and O–H groups in total. The SMILES string of the molecule is CC1CCc2nc3ccccc3c(C(=O)OCCN3C(=O)c4ccccc4C3=O)c2C1. The van der Waals surface area contributed by atoms with Crippen LogP contribution >= 0.6 is 0 Å². The number of carbonyl (C=O) groups is 3. The van der Waals surface area contributed by atoms with E-state index in [2.05, 4.69) is 6.92 Å². The van der Waals surface area contributed by atoms with E-state index in [0.717, 1.165) is 46.3 Å².